The van der Waals surface area contributed by atoms with Crippen molar-refractivity contribution in [2.24, 2.45) is 5.73 Å². The average molecular weight is 453 g/mol. The van der Waals surface area contributed by atoms with Gasteiger partial charge in [0, 0.05) is 5.56 Å². The summed E-state index contributed by atoms with van der Waals surface area (Å²) in [7, 11) is -0.965. The molecule has 0 saturated heterocycles. The van der Waals surface area contributed by atoms with Crippen LogP contribution in [0.1, 0.15) is 63.5 Å². The third-order valence-corrected chi connectivity index (χ3v) is 9.89. The van der Waals surface area contributed by atoms with E-state index in [4.69, 9.17) is 19.6 Å². The maximum atomic E-state index is 12.8. The summed E-state index contributed by atoms with van der Waals surface area (Å²) in [5.41, 5.74) is 5.50. The summed E-state index contributed by atoms with van der Waals surface area (Å²) >= 11 is 0. The third kappa shape index (κ3) is 7.66. The molecule has 9 heteroatoms. The molecule has 8 nitrogen and oxygen atoms in total. The normalized spacial score (nSPS) is 13.8. The van der Waals surface area contributed by atoms with E-state index in [1.807, 2.05) is 20.8 Å². The van der Waals surface area contributed by atoms with Crippen LogP contribution in [0.15, 0.2) is 24.3 Å². The molecule has 0 bridgehead atoms. The molecule has 0 saturated carbocycles. The van der Waals surface area contributed by atoms with Crippen molar-refractivity contribution in [2.75, 3.05) is 7.11 Å². The van der Waals surface area contributed by atoms with Gasteiger partial charge < -0.3 is 25.0 Å². The Bertz CT molecular complexity index is 748. The molecule has 31 heavy (non-hydrogen) atoms. The number of rotatable bonds is 10. The van der Waals surface area contributed by atoms with E-state index in [2.05, 4.69) is 5.32 Å². The van der Waals surface area contributed by atoms with Gasteiger partial charge in [-0.05, 0) is 56.6 Å². The predicted molar refractivity (Wildman–Crippen MR) is 121 cm³/mol. The number of carbonyl (C=O) groups is 3. The molecule has 1 aromatic rings. The number of amides is 2. The minimum Gasteiger partial charge on any atom is -0.467 e. The summed E-state index contributed by atoms with van der Waals surface area (Å²) in [5, 5.41) is 2.77. The monoisotopic (exact) mass is 452 g/mol. The number of carbonyl (C=O) groups excluding carboxylic acids is 3. The second-order valence-corrected chi connectivity index (χ2v) is 13.1. The molecule has 0 aliphatic carbocycles. The van der Waals surface area contributed by atoms with Crippen LogP contribution in [0.2, 0.25) is 18.1 Å². The zero-order chi connectivity index (χ0) is 23.8. The van der Waals surface area contributed by atoms with Gasteiger partial charge in [-0.15, -0.1) is 0 Å². The summed E-state index contributed by atoms with van der Waals surface area (Å²) in [6.07, 6.45) is -1.76. The smallest absolute Gasteiger partial charge is 0.408 e. The van der Waals surface area contributed by atoms with Crippen molar-refractivity contribution in [1.29, 1.82) is 0 Å². The highest BCUT2D eigenvalue weighted by molar-refractivity contribution is 6.73. The summed E-state index contributed by atoms with van der Waals surface area (Å²) in [6, 6.07) is 7.91. The van der Waals surface area contributed by atoms with Crippen molar-refractivity contribution in [3.63, 3.8) is 0 Å². The summed E-state index contributed by atoms with van der Waals surface area (Å²) in [5.74, 6) is -1.16. The van der Waals surface area contributed by atoms with Crippen LogP contribution >= 0.6 is 0 Å². The molecule has 1 rings (SSSR count). The minimum absolute atomic E-state index is 0.315. The zero-order valence-electron chi connectivity index (χ0n) is 19.6. The number of esters is 1. The highest BCUT2D eigenvalue weighted by Crippen LogP contribution is 2.30. The molecule has 0 aliphatic rings. The van der Waals surface area contributed by atoms with Gasteiger partial charge in [-0.2, -0.15) is 0 Å². The molecule has 1 aromatic carbocycles. The number of hydrogen-bond acceptors (Lipinski definition) is 6. The number of methoxy groups -OCH3 is 1. The van der Waals surface area contributed by atoms with Crippen LogP contribution in [0.25, 0.3) is 0 Å². The molecule has 0 fully saturated rings. The molecule has 174 valence electrons. The summed E-state index contributed by atoms with van der Waals surface area (Å²) in [6.45, 7) is 11.4. The van der Waals surface area contributed by atoms with E-state index in [1.54, 1.807) is 45.0 Å². The Morgan fingerprint density at radius 1 is 1.03 bits per heavy atom. The fraction of sp³-hybridized carbons (Fsp3) is 0.591. The van der Waals surface area contributed by atoms with Crippen LogP contribution < -0.4 is 11.1 Å². The van der Waals surface area contributed by atoms with Crippen LogP contribution in [0.5, 0.6) is 0 Å². The van der Waals surface area contributed by atoms with Gasteiger partial charge >= 0.3 is 12.1 Å². The zero-order valence-corrected chi connectivity index (χ0v) is 20.6. The first-order valence-corrected chi connectivity index (χ1v) is 13.1. The molecular formula is C22H36N2O6Si. The van der Waals surface area contributed by atoms with Crippen molar-refractivity contribution in [3.8, 4) is 0 Å². The van der Waals surface area contributed by atoms with E-state index in [-0.39, 0.29) is 0 Å². The Balaban J connectivity index is 3.44. The van der Waals surface area contributed by atoms with Crippen molar-refractivity contribution in [1.82, 2.24) is 5.32 Å². The van der Waals surface area contributed by atoms with E-state index < -0.39 is 44.0 Å². The van der Waals surface area contributed by atoms with Crippen molar-refractivity contribution >= 4 is 26.3 Å². The molecule has 0 aliphatic heterocycles. The SMILES string of the molecule is CC[Si](CC)(CC)O[C@@H](C(=O)OC)[C@@H](NC(=O)OC(C)(C)C)c1ccc(C(N)=O)cc1. The largest absolute Gasteiger partial charge is 0.467 e. The first-order chi connectivity index (χ1) is 14.4. The van der Waals surface area contributed by atoms with Crippen LogP contribution in [0, 0.1) is 0 Å². The minimum atomic E-state index is -2.25. The molecule has 0 heterocycles. The number of primary amides is 1. The lowest BCUT2D eigenvalue weighted by Gasteiger charge is -2.36. The quantitative estimate of drug-likeness (QED) is 0.410. The Morgan fingerprint density at radius 2 is 1.55 bits per heavy atom. The third-order valence-electron chi connectivity index (χ3n) is 5.27. The molecule has 0 aromatic heterocycles. The molecule has 2 amide bonds. The first-order valence-electron chi connectivity index (χ1n) is 10.6. The van der Waals surface area contributed by atoms with E-state index >= 15 is 0 Å². The molecule has 2 atom stereocenters. The molecular weight excluding hydrogens is 416 g/mol. The van der Waals surface area contributed by atoms with Crippen molar-refractivity contribution < 1.29 is 28.3 Å². The van der Waals surface area contributed by atoms with Gasteiger partial charge in [-0.25, -0.2) is 9.59 Å². The van der Waals surface area contributed by atoms with E-state index in [0.717, 1.165) is 18.1 Å². The Kier molecular flexibility index (Phi) is 9.70. The molecule has 0 spiro atoms. The van der Waals surface area contributed by atoms with Gasteiger partial charge in [0.1, 0.15) is 5.60 Å². The number of hydrogen-bond donors (Lipinski definition) is 2. The van der Waals surface area contributed by atoms with Gasteiger partial charge in [0.25, 0.3) is 0 Å². The fourth-order valence-corrected chi connectivity index (χ4v) is 6.03. The van der Waals surface area contributed by atoms with E-state index in [0.29, 0.717) is 11.1 Å². The van der Waals surface area contributed by atoms with Gasteiger partial charge in [-0.1, -0.05) is 32.9 Å². The highest BCUT2D eigenvalue weighted by Gasteiger charge is 2.41. The van der Waals surface area contributed by atoms with Crippen LogP contribution in [-0.4, -0.2) is 45.1 Å². The highest BCUT2D eigenvalue weighted by atomic mass is 28.4. The summed E-state index contributed by atoms with van der Waals surface area (Å²) in [4.78, 5) is 36.9. The predicted octanol–water partition coefficient (Wildman–Crippen LogP) is 3.91. The van der Waals surface area contributed by atoms with Gasteiger partial charge in [0.05, 0.1) is 13.2 Å². The van der Waals surface area contributed by atoms with E-state index in [9.17, 15) is 14.4 Å². The number of nitrogens with two attached hydrogens (primary N) is 1. The number of alkyl carbamates (subject to hydrolysis) is 1. The number of ether oxygens (including phenoxy) is 2. The lowest BCUT2D eigenvalue weighted by Crippen LogP contribution is -2.50. The van der Waals surface area contributed by atoms with Crippen LogP contribution in [0.4, 0.5) is 4.79 Å². The maximum Gasteiger partial charge on any atom is 0.408 e. The van der Waals surface area contributed by atoms with Crippen molar-refractivity contribution in [3.05, 3.63) is 35.4 Å². The van der Waals surface area contributed by atoms with Crippen molar-refractivity contribution in [2.45, 2.75) is 77.4 Å². The first kappa shape index (κ1) is 26.6. The standard InChI is InChI=1S/C22H36N2O6Si/c1-8-31(9-2,10-3)30-18(20(26)28-7)17(24-21(27)29-22(4,5)6)15-11-13-16(14-12-15)19(23)25/h11-14,17-18H,8-10H2,1-7H3,(H2,23,25)(H,24,27)/t17-,18+/m0/s1. The Hall–Kier alpha value is -2.39. The number of nitrogens with one attached hydrogen (secondary N) is 1. The number of benzene rings is 1. The van der Waals surface area contributed by atoms with Crippen LogP contribution in [-0.2, 0) is 18.7 Å². The second kappa shape index (κ2) is 11.3. The molecule has 0 radical (unpaired) electrons. The van der Waals surface area contributed by atoms with Gasteiger partial charge in [0.15, 0.2) is 14.4 Å². The fourth-order valence-electron chi connectivity index (χ4n) is 3.26. The second-order valence-electron chi connectivity index (χ2n) is 8.42. The maximum absolute atomic E-state index is 12.8. The van der Waals surface area contributed by atoms with Gasteiger partial charge in [0.2, 0.25) is 5.91 Å². The topological polar surface area (TPSA) is 117 Å². The lowest BCUT2D eigenvalue weighted by molar-refractivity contribution is -0.151. The molecule has 3 N–H and O–H groups in total. The average Bonchev–Trinajstić information content (AvgIpc) is 2.72. The van der Waals surface area contributed by atoms with Gasteiger partial charge in [-0.3, -0.25) is 4.79 Å². The summed E-state index contributed by atoms with van der Waals surface area (Å²) < 4.78 is 16.9. The van der Waals surface area contributed by atoms with Crippen LogP contribution in [0.3, 0.4) is 0 Å². The van der Waals surface area contributed by atoms with E-state index in [1.165, 1.54) is 7.11 Å². The Morgan fingerprint density at radius 3 is 1.94 bits per heavy atom. The molecule has 0 unspecified atom stereocenters. The lowest BCUT2D eigenvalue weighted by atomic mass is 10.00. The Labute approximate surface area is 185 Å².